The molecule has 3 nitrogen and oxygen atoms in total. The third-order valence-corrected chi connectivity index (χ3v) is 2.11. The Hall–Kier alpha value is -1.90. The lowest BCUT2D eigenvalue weighted by molar-refractivity contribution is -0.111. The van der Waals surface area contributed by atoms with Gasteiger partial charge in [0.2, 0.25) is 5.91 Å². The second-order valence-electron chi connectivity index (χ2n) is 3.34. The van der Waals surface area contributed by atoms with E-state index in [-0.39, 0.29) is 11.7 Å². The fourth-order valence-electron chi connectivity index (χ4n) is 1.28. The third-order valence-electron chi connectivity index (χ3n) is 2.11. The summed E-state index contributed by atoms with van der Waals surface area (Å²) in [6.07, 6.45) is 3.61. The number of allylic oxidation sites excluding steroid dienone is 1. The van der Waals surface area contributed by atoms with Gasteiger partial charge >= 0.3 is 0 Å². The van der Waals surface area contributed by atoms with Crippen LogP contribution in [0.5, 0.6) is 0 Å². The van der Waals surface area contributed by atoms with Crippen molar-refractivity contribution in [3.8, 4) is 0 Å². The van der Waals surface area contributed by atoms with E-state index in [0.29, 0.717) is 17.7 Å². The van der Waals surface area contributed by atoms with Crippen molar-refractivity contribution >= 4 is 17.4 Å². The molecule has 16 heavy (non-hydrogen) atoms. The summed E-state index contributed by atoms with van der Waals surface area (Å²) in [6, 6.07) is 6.89. The molecule has 1 aromatic carbocycles. The van der Waals surface area contributed by atoms with Gasteiger partial charge < -0.3 is 5.32 Å². The van der Waals surface area contributed by atoms with Crippen molar-refractivity contribution in [1.29, 1.82) is 0 Å². The zero-order valence-electron chi connectivity index (χ0n) is 9.49. The van der Waals surface area contributed by atoms with Crippen LogP contribution in [0.4, 0.5) is 5.69 Å². The number of rotatable bonds is 4. The Labute approximate surface area is 95.2 Å². The van der Waals surface area contributed by atoms with E-state index in [9.17, 15) is 9.59 Å². The maximum absolute atomic E-state index is 11.4. The van der Waals surface area contributed by atoms with Crippen LogP contribution in [0.25, 0.3) is 0 Å². The van der Waals surface area contributed by atoms with Crippen molar-refractivity contribution < 1.29 is 9.59 Å². The van der Waals surface area contributed by atoms with E-state index in [1.165, 1.54) is 6.08 Å². The number of ketones is 1. The SMILES string of the molecule is CC=CC(=O)Nc1ccc(C(=O)CC)cc1. The molecule has 0 unspecified atom stereocenters. The van der Waals surface area contributed by atoms with Gasteiger partial charge in [-0.25, -0.2) is 0 Å². The highest BCUT2D eigenvalue weighted by atomic mass is 16.1. The summed E-state index contributed by atoms with van der Waals surface area (Å²) in [4.78, 5) is 22.6. The van der Waals surface area contributed by atoms with Crippen molar-refractivity contribution in [2.24, 2.45) is 0 Å². The topological polar surface area (TPSA) is 46.2 Å². The minimum atomic E-state index is -0.169. The van der Waals surface area contributed by atoms with Crippen LogP contribution in [0, 0.1) is 0 Å². The van der Waals surface area contributed by atoms with Crippen LogP contribution in [0.3, 0.4) is 0 Å². The Bertz CT molecular complexity index is 404. The molecule has 0 heterocycles. The van der Waals surface area contributed by atoms with Gasteiger partial charge in [0.15, 0.2) is 5.78 Å². The molecule has 1 amide bonds. The molecule has 0 spiro atoms. The van der Waals surface area contributed by atoms with Crippen LogP contribution in [0.2, 0.25) is 0 Å². The van der Waals surface area contributed by atoms with Crippen LogP contribution >= 0.6 is 0 Å². The minimum Gasteiger partial charge on any atom is -0.323 e. The largest absolute Gasteiger partial charge is 0.323 e. The smallest absolute Gasteiger partial charge is 0.248 e. The molecule has 0 bridgehead atoms. The lowest BCUT2D eigenvalue weighted by Crippen LogP contribution is -2.07. The van der Waals surface area contributed by atoms with Gasteiger partial charge in [0.05, 0.1) is 0 Å². The van der Waals surface area contributed by atoms with E-state index in [2.05, 4.69) is 5.32 Å². The standard InChI is InChI=1S/C13H15NO2/c1-3-5-13(16)14-11-8-6-10(7-9-11)12(15)4-2/h3,5-9H,4H2,1-2H3,(H,14,16). The van der Waals surface area contributed by atoms with Gasteiger partial charge in [0.25, 0.3) is 0 Å². The predicted octanol–water partition coefficient (Wildman–Crippen LogP) is 2.79. The first kappa shape index (κ1) is 12.2. The molecule has 0 saturated carbocycles. The molecule has 0 aromatic heterocycles. The number of amides is 1. The Morgan fingerprint density at radius 1 is 1.25 bits per heavy atom. The molecular formula is C13H15NO2. The maximum Gasteiger partial charge on any atom is 0.248 e. The van der Waals surface area contributed by atoms with Crippen LogP contribution in [-0.4, -0.2) is 11.7 Å². The second kappa shape index (κ2) is 5.85. The van der Waals surface area contributed by atoms with E-state index in [1.54, 1.807) is 37.3 Å². The number of hydrogen-bond acceptors (Lipinski definition) is 2. The van der Waals surface area contributed by atoms with Gasteiger partial charge in [-0.2, -0.15) is 0 Å². The fraction of sp³-hybridized carbons (Fsp3) is 0.231. The summed E-state index contributed by atoms with van der Waals surface area (Å²) >= 11 is 0. The van der Waals surface area contributed by atoms with Crippen LogP contribution < -0.4 is 5.32 Å². The Morgan fingerprint density at radius 3 is 2.38 bits per heavy atom. The highest BCUT2D eigenvalue weighted by molar-refractivity contribution is 6.00. The van der Waals surface area contributed by atoms with Gasteiger partial charge in [-0.3, -0.25) is 9.59 Å². The number of hydrogen-bond donors (Lipinski definition) is 1. The summed E-state index contributed by atoms with van der Waals surface area (Å²) in [5.41, 5.74) is 1.36. The molecular weight excluding hydrogens is 202 g/mol. The van der Waals surface area contributed by atoms with E-state index in [4.69, 9.17) is 0 Å². The van der Waals surface area contributed by atoms with Crippen LogP contribution in [0.15, 0.2) is 36.4 Å². The third kappa shape index (κ3) is 3.35. The molecule has 1 rings (SSSR count). The molecule has 0 saturated heterocycles. The van der Waals surface area contributed by atoms with Gasteiger partial charge in [0.1, 0.15) is 0 Å². The first-order valence-corrected chi connectivity index (χ1v) is 5.24. The molecule has 3 heteroatoms. The number of nitrogens with one attached hydrogen (secondary N) is 1. The Morgan fingerprint density at radius 2 is 1.88 bits per heavy atom. The molecule has 0 fully saturated rings. The zero-order chi connectivity index (χ0) is 12.0. The highest BCUT2D eigenvalue weighted by Crippen LogP contribution is 2.11. The number of benzene rings is 1. The summed E-state index contributed by atoms with van der Waals surface area (Å²) in [5.74, 6) is -0.0663. The predicted molar refractivity (Wildman–Crippen MR) is 64.5 cm³/mol. The molecule has 1 N–H and O–H groups in total. The number of Topliss-reactive ketones (excluding diaryl/α,β-unsaturated/α-hetero) is 1. The van der Waals surface area contributed by atoms with Gasteiger partial charge in [-0.15, -0.1) is 0 Å². The van der Waals surface area contributed by atoms with Gasteiger partial charge in [-0.1, -0.05) is 13.0 Å². The summed E-state index contributed by atoms with van der Waals surface area (Å²) < 4.78 is 0. The first-order valence-electron chi connectivity index (χ1n) is 5.24. The van der Waals surface area contributed by atoms with Gasteiger partial charge in [-0.05, 0) is 37.3 Å². The normalized spacial score (nSPS) is 10.4. The quantitative estimate of drug-likeness (QED) is 0.622. The highest BCUT2D eigenvalue weighted by Gasteiger charge is 2.03. The number of carbonyl (C=O) groups is 2. The van der Waals surface area contributed by atoms with E-state index >= 15 is 0 Å². The van der Waals surface area contributed by atoms with Gasteiger partial charge in [0, 0.05) is 17.7 Å². The average molecular weight is 217 g/mol. The van der Waals surface area contributed by atoms with Crippen LogP contribution in [0.1, 0.15) is 30.6 Å². The Balaban J connectivity index is 2.72. The van der Waals surface area contributed by atoms with Crippen LogP contribution in [-0.2, 0) is 4.79 Å². The first-order chi connectivity index (χ1) is 7.67. The summed E-state index contributed by atoms with van der Waals surface area (Å²) in [5, 5.41) is 2.69. The molecule has 84 valence electrons. The second-order valence-corrected chi connectivity index (χ2v) is 3.34. The number of carbonyl (C=O) groups excluding carboxylic acids is 2. The van der Waals surface area contributed by atoms with Crippen molar-refractivity contribution in [3.05, 3.63) is 42.0 Å². The maximum atomic E-state index is 11.4. The van der Waals surface area contributed by atoms with E-state index < -0.39 is 0 Å². The number of anilines is 1. The zero-order valence-corrected chi connectivity index (χ0v) is 9.49. The van der Waals surface area contributed by atoms with E-state index in [0.717, 1.165) is 0 Å². The fourth-order valence-corrected chi connectivity index (χ4v) is 1.28. The molecule has 1 aromatic rings. The molecule has 0 atom stereocenters. The monoisotopic (exact) mass is 217 g/mol. The van der Waals surface area contributed by atoms with E-state index in [1.807, 2.05) is 6.92 Å². The average Bonchev–Trinajstić information content (AvgIpc) is 2.29. The Kier molecular flexibility index (Phi) is 4.45. The molecule has 0 aliphatic rings. The molecule has 0 radical (unpaired) electrons. The van der Waals surface area contributed by atoms with Crippen molar-refractivity contribution in [1.82, 2.24) is 0 Å². The van der Waals surface area contributed by atoms with Crippen molar-refractivity contribution in [2.75, 3.05) is 5.32 Å². The van der Waals surface area contributed by atoms with Crippen molar-refractivity contribution in [2.45, 2.75) is 20.3 Å². The molecule has 0 aliphatic carbocycles. The minimum absolute atomic E-state index is 0.103. The lowest BCUT2D eigenvalue weighted by atomic mass is 10.1. The lowest BCUT2D eigenvalue weighted by Gasteiger charge is -2.03. The molecule has 0 aliphatic heterocycles. The summed E-state index contributed by atoms with van der Waals surface area (Å²) in [6.45, 7) is 3.60. The van der Waals surface area contributed by atoms with Crippen molar-refractivity contribution in [3.63, 3.8) is 0 Å². The summed E-state index contributed by atoms with van der Waals surface area (Å²) in [7, 11) is 0.